The molecular weight excluding hydrogens is 354 g/mol. The highest BCUT2D eigenvalue weighted by atomic mass is 35.5. The molecule has 3 aromatic carbocycles. The molecule has 0 N–H and O–H groups in total. The number of hydrogen-bond donors (Lipinski definition) is 0. The molecule has 3 heteroatoms. The number of morpholine rings is 1. The Hall–Kier alpha value is -2.13. The average Bonchev–Trinajstić information content (AvgIpc) is 2.71. The molecule has 1 atom stereocenters. The number of halogens is 1. The smallest absolute Gasteiger partial charge is 0.0952 e. The van der Waals surface area contributed by atoms with Crippen LogP contribution in [-0.4, -0.2) is 24.6 Å². The van der Waals surface area contributed by atoms with Crippen molar-refractivity contribution in [3.8, 4) is 11.1 Å². The van der Waals surface area contributed by atoms with Crippen LogP contribution in [0.5, 0.6) is 0 Å². The summed E-state index contributed by atoms with van der Waals surface area (Å²) in [5.74, 6) is 0. The number of hydrogen-bond acceptors (Lipinski definition) is 2. The molecule has 0 aromatic heterocycles. The van der Waals surface area contributed by atoms with Crippen molar-refractivity contribution in [2.24, 2.45) is 0 Å². The Morgan fingerprint density at radius 3 is 2.59 bits per heavy atom. The fraction of sp³-hybridized carbons (Fsp3) is 0.250. The molecule has 0 amide bonds. The largest absolute Gasteiger partial charge is 0.371 e. The van der Waals surface area contributed by atoms with Crippen LogP contribution < -0.4 is 0 Å². The van der Waals surface area contributed by atoms with E-state index in [-0.39, 0.29) is 6.10 Å². The third-order valence-corrected chi connectivity index (χ3v) is 5.46. The van der Waals surface area contributed by atoms with E-state index in [4.69, 9.17) is 16.3 Å². The minimum Gasteiger partial charge on any atom is -0.371 e. The molecule has 0 bridgehead atoms. The highest BCUT2D eigenvalue weighted by Gasteiger charge is 2.22. The van der Waals surface area contributed by atoms with Gasteiger partial charge in [-0.2, -0.15) is 0 Å². The Morgan fingerprint density at radius 2 is 1.74 bits per heavy atom. The van der Waals surface area contributed by atoms with E-state index in [1.54, 1.807) is 0 Å². The van der Waals surface area contributed by atoms with Gasteiger partial charge in [-0.3, -0.25) is 4.90 Å². The minimum atomic E-state index is 0.139. The second kappa shape index (κ2) is 8.26. The van der Waals surface area contributed by atoms with E-state index in [0.29, 0.717) is 0 Å². The van der Waals surface area contributed by atoms with E-state index in [1.165, 1.54) is 27.8 Å². The van der Waals surface area contributed by atoms with Crippen molar-refractivity contribution in [3.05, 3.63) is 94.5 Å². The SMILES string of the molecule is Cc1ccc(Cl)cc1-c1ccccc1CN1CCOC(c2ccccc2)C1. The maximum Gasteiger partial charge on any atom is 0.0952 e. The van der Waals surface area contributed by atoms with E-state index in [1.807, 2.05) is 12.1 Å². The second-order valence-electron chi connectivity index (χ2n) is 7.12. The standard InChI is InChI=1S/C24H24ClNO/c1-18-11-12-21(25)15-23(18)22-10-6-5-9-20(22)16-26-13-14-27-24(17-26)19-7-3-2-4-8-19/h2-12,15,24H,13-14,16-17H2,1H3. The molecule has 0 radical (unpaired) electrons. The van der Waals surface area contributed by atoms with Crippen LogP contribution in [-0.2, 0) is 11.3 Å². The molecule has 1 unspecified atom stereocenters. The van der Waals surface area contributed by atoms with Gasteiger partial charge < -0.3 is 4.74 Å². The maximum absolute atomic E-state index is 6.27. The fourth-order valence-corrected chi connectivity index (χ4v) is 3.93. The molecule has 1 heterocycles. The Balaban J connectivity index is 1.57. The lowest BCUT2D eigenvalue weighted by molar-refractivity contribution is -0.0328. The molecular formula is C24H24ClNO. The van der Waals surface area contributed by atoms with Gasteiger partial charge in [0.2, 0.25) is 0 Å². The molecule has 0 aliphatic carbocycles. The van der Waals surface area contributed by atoms with Crippen LogP contribution in [0.25, 0.3) is 11.1 Å². The summed E-state index contributed by atoms with van der Waals surface area (Å²) < 4.78 is 6.02. The van der Waals surface area contributed by atoms with Crippen molar-refractivity contribution < 1.29 is 4.74 Å². The normalized spacial score (nSPS) is 17.8. The minimum absolute atomic E-state index is 0.139. The number of benzene rings is 3. The molecule has 0 saturated carbocycles. The highest BCUT2D eigenvalue weighted by Crippen LogP contribution is 2.31. The van der Waals surface area contributed by atoms with E-state index in [2.05, 4.69) is 72.5 Å². The fourth-order valence-electron chi connectivity index (χ4n) is 3.76. The van der Waals surface area contributed by atoms with E-state index < -0.39 is 0 Å². The third kappa shape index (κ3) is 4.24. The summed E-state index contributed by atoms with van der Waals surface area (Å²) in [5, 5.41) is 0.779. The van der Waals surface area contributed by atoms with Crippen LogP contribution in [0, 0.1) is 6.92 Å². The van der Waals surface area contributed by atoms with Gasteiger partial charge in [0.1, 0.15) is 0 Å². The zero-order valence-electron chi connectivity index (χ0n) is 15.6. The summed E-state index contributed by atoms with van der Waals surface area (Å²) in [6.45, 7) is 5.68. The molecule has 4 rings (SSSR count). The predicted octanol–water partition coefficient (Wildman–Crippen LogP) is 5.89. The maximum atomic E-state index is 6.27. The summed E-state index contributed by atoms with van der Waals surface area (Å²) in [7, 11) is 0. The zero-order chi connectivity index (χ0) is 18.6. The van der Waals surface area contributed by atoms with Crippen molar-refractivity contribution in [1.29, 1.82) is 0 Å². The van der Waals surface area contributed by atoms with Gasteiger partial charge in [0.15, 0.2) is 0 Å². The molecule has 1 aliphatic rings. The lowest BCUT2D eigenvalue weighted by atomic mass is 9.95. The summed E-state index contributed by atoms with van der Waals surface area (Å²) >= 11 is 6.27. The van der Waals surface area contributed by atoms with Crippen LogP contribution >= 0.6 is 11.6 Å². The first-order valence-corrected chi connectivity index (χ1v) is 9.82. The van der Waals surface area contributed by atoms with Crippen molar-refractivity contribution in [1.82, 2.24) is 4.90 Å². The molecule has 3 aromatic rings. The van der Waals surface area contributed by atoms with Gasteiger partial charge in [-0.25, -0.2) is 0 Å². The number of rotatable bonds is 4. The van der Waals surface area contributed by atoms with E-state index in [9.17, 15) is 0 Å². The van der Waals surface area contributed by atoms with Crippen molar-refractivity contribution in [2.75, 3.05) is 19.7 Å². The molecule has 138 valence electrons. The Labute approximate surface area is 166 Å². The quantitative estimate of drug-likeness (QED) is 0.562. The molecule has 2 nitrogen and oxygen atoms in total. The first-order chi connectivity index (χ1) is 13.2. The molecule has 1 saturated heterocycles. The highest BCUT2D eigenvalue weighted by molar-refractivity contribution is 6.30. The first-order valence-electron chi connectivity index (χ1n) is 9.44. The molecule has 1 fully saturated rings. The summed E-state index contributed by atoms with van der Waals surface area (Å²) in [6, 6.07) is 25.3. The topological polar surface area (TPSA) is 12.5 Å². The van der Waals surface area contributed by atoms with Crippen molar-refractivity contribution >= 4 is 11.6 Å². The van der Waals surface area contributed by atoms with Crippen LogP contribution in [0.4, 0.5) is 0 Å². The second-order valence-corrected chi connectivity index (χ2v) is 7.56. The van der Waals surface area contributed by atoms with Crippen LogP contribution in [0.15, 0.2) is 72.8 Å². The lowest BCUT2D eigenvalue weighted by Crippen LogP contribution is -2.37. The number of aryl methyl sites for hydroxylation is 1. The lowest BCUT2D eigenvalue weighted by Gasteiger charge is -2.33. The van der Waals surface area contributed by atoms with Crippen molar-refractivity contribution in [2.45, 2.75) is 19.6 Å². The number of ether oxygens (including phenoxy) is 1. The molecule has 0 spiro atoms. The van der Waals surface area contributed by atoms with E-state index in [0.717, 1.165) is 31.3 Å². The van der Waals surface area contributed by atoms with Gasteiger partial charge in [0, 0.05) is 24.7 Å². The first kappa shape index (κ1) is 18.2. The van der Waals surface area contributed by atoms with Gasteiger partial charge in [0.25, 0.3) is 0 Å². The van der Waals surface area contributed by atoms with Crippen molar-refractivity contribution in [3.63, 3.8) is 0 Å². The van der Waals surface area contributed by atoms with Crippen LogP contribution in [0.2, 0.25) is 5.02 Å². The number of nitrogens with zero attached hydrogens (tertiary/aromatic N) is 1. The van der Waals surface area contributed by atoms with Gasteiger partial charge in [-0.15, -0.1) is 0 Å². The van der Waals surface area contributed by atoms with Crippen LogP contribution in [0.3, 0.4) is 0 Å². The third-order valence-electron chi connectivity index (χ3n) is 5.22. The molecule has 1 aliphatic heterocycles. The van der Waals surface area contributed by atoms with Crippen LogP contribution in [0.1, 0.15) is 22.8 Å². The average molecular weight is 378 g/mol. The van der Waals surface area contributed by atoms with Gasteiger partial charge in [0.05, 0.1) is 12.7 Å². The summed E-state index contributed by atoms with van der Waals surface area (Å²) in [5.41, 5.74) is 6.31. The van der Waals surface area contributed by atoms with E-state index >= 15 is 0 Å². The van der Waals surface area contributed by atoms with Gasteiger partial charge in [-0.05, 0) is 46.9 Å². The predicted molar refractivity (Wildman–Crippen MR) is 112 cm³/mol. The monoisotopic (exact) mass is 377 g/mol. The summed E-state index contributed by atoms with van der Waals surface area (Å²) in [4.78, 5) is 2.49. The zero-order valence-corrected chi connectivity index (χ0v) is 16.3. The summed E-state index contributed by atoms with van der Waals surface area (Å²) in [6.07, 6.45) is 0.139. The Kier molecular flexibility index (Phi) is 5.58. The Morgan fingerprint density at radius 1 is 0.963 bits per heavy atom. The molecule has 27 heavy (non-hydrogen) atoms. The van der Waals surface area contributed by atoms with Gasteiger partial charge in [-0.1, -0.05) is 72.3 Å². The Bertz CT molecular complexity index is 909. The van der Waals surface area contributed by atoms with Gasteiger partial charge >= 0.3 is 0 Å².